The molecule has 2 N–H and O–H groups in total. The number of carbonyl (C=O) groups excluding carboxylic acids is 1. The predicted molar refractivity (Wildman–Crippen MR) is 76.9 cm³/mol. The van der Waals surface area contributed by atoms with E-state index in [2.05, 4.69) is 10.0 Å². The standard InChI is InChI=1S/C12H19N3O4S/c1-4-19-11-7-5-10(6-8-11)14-12(16)9-13-20(17,18)15(2)3/h5-8,13H,4,9H2,1-3H3,(H,14,16). The average molecular weight is 301 g/mol. The SMILES string of the molecule is CCOc1ccc(NC(=O)CNS(=O)(=O)N(C)C)cc1. The van der Waals surface area contributed by atoms with E-state index in [1.807, 2.05) is 6.92 Å². The van der Waals surface area contributed by atoms with E-state index in [0.29, 0.717) is 18.0 Å². The maximum absolute atomic E-state index is 11.6. The first kappa shape index (κ1) is 16.4. The second-order valence-electron chi connectivity index (χ2n) is 4.11. The van der Waals surface area contributed by atoms with Crippen LogP contribution in [-0.4, -0.2) is 45.9 Å². The van der Waals surface area contributed by atoms with Crippen molar-refractivity contribution in [2.45, 2.75) is 6.92 Å². The summed E-state index contributed by atoms with van der Waals surface area (Å²) in [5.41, 5.74) is 0.572. The van der Waals surface area contributed by atoms with E-state index >= 15 is 0 Å². The summed E-state index contributed by atoms with van der Waals surface area (Å²) in [5.74, 6) is 0.262. The van der Waals surface area contributed by atoms with Crippen LogP contribution < -0.4 is 14.8 Å². The van der Waals surface area contributed by atoms with E-state index in [0.717, 1.165) is 4.31 Å². The summed E-state index contributed by atoms with van der Waals surface area (Å²) in [5, 5.41) is 2.58. The first-order chi connectivity index (χ1) is 9.35. The molecule has 8 heteroatoms. The van der Waals surface area contributed by atoms with E-state index in [1.54, 1.807) is 24.3 Å². The number of rotatable bonds is 7. The maximum atomic E-state index is 11.6. The fourth-order valence-corrected chi connectivity index (χ4v) is 1.86. The van der Waals surface area contributed by atoms with Crippen LogP contribution in [0, 0.1) is 0 Å². The third-order valence-electron chi connectivity index (χ3n) is 2.34. The van der Waals surface area contributed by atoms with Crippen LogP contribution >= 0.6 is 0 Å². The molecule has 1 rings (SSSR count). The number of nitrogens with one attached hydrogen (secondary N) is 2. The van der Waals surface area contributed by atoms with Crippen LogP contribution in [0.1, 0.15) is 6.92 Å². The quantitative estimate of drug-likeness (QED) is 0.764. The van der Waals surface area contributed by atoms with E-state index in [-0.39, 0.29) is 6.54 Å². The van der Waals surface area contributed by atoms with Crippen molar-refractivity contribution in [2.24, 2.45) is 0 Å². The van der Waals surface area contributed by atoms with Crippen LogP contribution in [0.2, 0.25) is 0 Å². The van der Waals surface area contributed by atoms with Gasteiger partial charge in [0.2, 0.25) is 5.91 Å². The maximum Gasteiger partial charge on any atom is 0.279 e. The van der Waals surface area contributed by atoms with Gasteiger partial charge in [-0.2, -0.15) is 17.4 Å². The van der Waals surface area contributed by atoms with Gasteiger partial charge >= 0.3 is 0 Å². The molecule has 0 spiro atoms. The molecule has 0 unspecified atom stereocenters. The Morgan fingerprint density at radius 2 is 1.85 bits per heavy atom. The van der Waals surface area contributed by atoms with E-state index in [1.165, 1.54) is 14.1 Å². The molecule has 7 nitrogen and oxygen atoms in total. The number of carbonyl (C=O) groups is 1. The highest BCUT2D eigenvalue weighted by molar-refractivity contribution is 7.87. The van der Waals surface area contributed by atoms with Crippen molar-refractivity contribution in [3.05, 3.63) is 24.3 Å². The lowest BCUT2D eigenvalue weighted by molar-refractivity contribution is -0.115. The minimum atomic E-state index is -3.60. The second-order valence-corrected chi connectivity index (χ2v) is 6.08. The van der Waals surface area contributed by atoms with Gasteiger partial charge in [-0.3, -0.25) is 4.79 Å². The number of anilines is 1. The predicted octanol–water partition coefficient (Wildman–Crippen LogP) is 0.420. The van der Waals surface area contributed by atoms with Gasteiger partial charge in [0.25, 0.3) is 10.2 Å². The van der Waals surface area contributed by atoms with Crippen LogP contribution in [0.3, 0.4) is 0 Å². The molecular weight excluding hydrogens is 282 g/mol. The zero-order valence-corrected chi connectivity index (χ0v) is 12.5. The molecule has 0 aliphatic rings. The Labute approximate surface area is 119 Å². The molecule has 20 heavy (non-hydrogen) atoms. The second kappa shape index (κ2) is 7.22. The summed E-state index contributed by atoms with van der Waals surface area (Å²) < 4.78 is 31.3. The van der Waals surface area contributed by atoms with Gasteiger partial charge in [0.1, 0.15) is 5.75 Å². The third-order valence-corrected chi connectivity index (χ3v) is 3.82. The Bertz CT molecular complexity index is 540. The van der Waals surface area contributed by atoms with Gasteiger partial charge in [-0.05, 0) is 31.2 Å². The molecule has 112 valence electrons. The molecule has 0 atom stereocenters. The first-order valence-corrected chi connectivity index (χ1v) is 7.49. The highest BCUT2D eigenvalue weighted by Crippen LogP contribution is 2.15. The van der Waals surface area contributed by atoms with Crippen molar-refractivity contribution in [3.8, 4) is 5.75 Å². The van der Waals surface area contributed by atoms with E-state index < -0.39 is 16.1 Å². The molecule has 0 aliphatic heterocycles. The van der Waals surface area contributed by atoms with Crippen LogP contribution in [0.25, 0.3) is 0 Å². The van der Waals surface area contributed by atoms with E-state index in [4.69, 9.17) is 4.74 Å². The normalized spacial score (nSPS) is 11.4. The smallest absolute Gasteiger partial charge is 0.279 e. The molecule has 1 aromatic carbocycles. The Morgan fingerprint density at radius 3 is 2.35 bits per heavy atom. The summed E-state index contributed by atoms with van der Waals surface area (Å²) in [4.78, 5) is 11.6. The van der Waals surface area contributed by atoms with Crippen molar-refractivity contribution in [1.29, 1.82) is 0 Å². The van der Waals surface area contributed by atoms with Crippen molar-refractivity contribution < 1.29 is 17.9 Å². The van der Waals surface area contributed by atoms with Crippen LogP contribution in [0.5, 0.6) is 5.75 Å². The van der Waals surface area contributed by atoms with Crippen LogP contribution in [-0.2, 0) is 15.0 Å². The average Bonchev–Trinajstić information content (AvgIpc) is 2.39. The Morgan fingerprint density at radius 1 is 1.25 bits per heavy atom. The first-order valence-electron chi connectivity index (χ1n) is 6.05. The molecule has 0 bridgehead atoms. The van der Waals surface area contributed by atoms with Gasteiger partial charge in [-0.1, -0.05) is 0 Å². The van der Waals surface area contributed by atoms with Crippen molar-refractivity contribution in [2.75, 3.05) is 32.6 Å². The number of amides is 1. The molecule has 0 aromatic heterocycles. The molecule has 0 radical (unpaired) electrons. The largest absolute Gasteiger partial charge is 0.494 e. The molecule has 1 amide bonds. The Balaban J connectivity index is 2.50. The molecule has 0 aliphatic carbocycles. The number of nitrogens with zero attached hydrogens (tertiary/aromatic N) is 1. The summed E-state index contributed by atoms with van der Waals surface area (Å²) in [7, 11) is -0.834. The zero-order chi connectivity index (χ0) is 15.2. The van der Waals surface area contributed by atoms with Gasteiger partial charge in [0.15, 0.2) is 0 Å². The van der Waals surface area contributed by atoms with Crippen molar-refractivity contribution in [1.82, 2.24) is 9.03 Å². The Hall–Kier alpha value is -1.64. The molecule has 0 heterocycles. The van der Waals surface area contributed by atoms with Crippen LogP contribution in [0.15, 0.2) is 24.3 Å². The monoisotopic (exact) mass is 301 g/mol. The number of ether oxygens (including phenoxy) is 1. The number of hydrogen-bond donors (Lipinski definition) is 2. The molecule has 0 fully saturated rings. The third kappa shape index (κ3) is 5.16. The van der Waals surface area contributed by atoms with Gasteiger partial charge in [-0.25, -0.2) is 0 Å². The van der Waals surface area contributed by atoms with E-state index in [9.17, 15) is 13.2 Å². The van der Waals surface area contributed by atoms with Gasteiger partial charge in [-0.15, -0.1) is 0 Å². The summed E-state index contributed by atoms with van der Waals surface area (Å²) in [6, 6.07) is 6.82. The van der Waals surface area contributed by atoms with Gasteiger partial charge in [0, 0.05) is 19.8 Å². The lowest BCUT2D eigenvalue weighted by Gasteiger charge is -2.12. The van der Waals surface area contributed by atoms with Crippen molar-refractivity contribution in [3.63, 3.8) is 0 Å². The summed E-state index contributed by atoms with van der Waals surface area (Å²) in [6.07, 6.45) is 0. The lowest BCUT2D eigenvalue weighted by atomic mass is 10.3. The highest BCUT2D eigenvalue weighted by Gasteiger charge is 2.14. The summed E-state index contributed by atoms with van der Waals surface area (Å²) in [6.45, 7) is 2.12. The molecule has 0 saturated heterocycles. The topological polar surface area (TPSA) is 87.7 Å². The molecular formula is C12H19N3O4S. The molecule has 0 saturated carbocycles. The minimum absolute atomic E-state index is 0.326. The van der Waals surface area contributed by atoms with Gasteiger partial charge < -0.3 is 10.1 Å². The zero-order valence-electron chi connectivity index (χ0n) is 11.7. The fourth-order valence-electron chi connectivity index (χ4n) is 1.29. The fraction of sp³-hybridized carbons (Fsp3) is 0.417. The lowest BCUT2D eigenvalue weighted by Crippen LogP contribution is -2.40. The minimum Gasteiger partial charge on any atom is -0.494 e. The number of hydrogen-bond acceptors (Lipinski definition) is 4. The number of benzene rings is 1. The highest BCUT2D eigenvalue weighted by atomic mass is 32.2. The summed E-state index contributed by atoms with van der Waals surface area (Å²) >= 11 is 0. The van der Waals surface area contributed by atoms with Gasteiger partial charge in [0.05, 0.1) is 13.2 Å². The van der Waals surface area contributed by atoms with Crippen molar-refractivity contribution >= 4 is 21.8 Å². The molecule has 1 aromatic rings. The van der Waals surface area contributed by atoms with Crippen LogP contribution in [0.4, 0.5) is 5.69 Å². The Kier molecular flexibility index (Phi) is 5.93.